The monoisotopic (exact) mass is 164 g/mol. The molecule has 0 radical (unpaired) electrons. The van der Waals surface area contributed by atoms with Gasteiger partial charge in [0.05, 0.1) is 12.9 Å². The molecular weight excluding hydrogens is 152 g/mol. The molecule has 0 aliphatic rings. The van der Waals surface area contributed by atoms with E-state index in [4.69, 9.17) is 0 Å². The number of hydrogen-bond donors (Lipinski definition) is 0. The summed E-state index contributed by atoms with van der Waals surface area (Å²) in [7, 11) is -2.13. The molecule has 0 aliphatic carbocycles. The van der Waals surface area contributed by atoms with Crippen LogP contribution in [-0.4, -0.2) is 21.3 Å². The quantitative estimate of drug-likeness (QED) is 0.460. The smallest absolute Gasteiger partial charge is 0.270 e. The fraction of sp³-hybridized carbons (Fsp3) is 0.667. The number of rotatable bonds is 3. The lowest BCUT2D eigenvalue weighted by Gasteiger charge is -1.95. The lowest BCUT2D eigenvalue weighted by molar-refractivity contribution is 0.400. The fourth-order valence-corrected chi connectivity index (χ4v) is 1.01. The Kier molecular flexibility index (Phi) is 3.60. The predicted molar refractivity (Wildman–Crippen MR) is 40.2 cm³/mol. The van der Waals surface area contributed by atoms with Crippen LogP contribution in [0.4, 0.5) is 0 Å². The van der Waals surface area contributed by atoms with E-state index in [2.05, 4.69) is 4.18 Å². The summed E-state index contributed by atoms with van der Waals surface area (Å²) in [4.78, 5) is 0. The molecule has 0 bridgehead atoms. The number of allylic oxidation sites excluding steroid dienone is 1. The van der Waals surface area contributed by atoms with Crippen LogP contribution in [0.25, 0.3) is 0 Å². The van der Waals surface area contributed by atoms with Crippen LogP contribution in [-0.2, 0) is 14.3 Å². The highest BCUT2D eigenvalue weighted by Crippen LogP contribution is 1.94. The van der Waals surface area contributed by atoms with Crippen LogP contribution in [0.15, 0.2) is 11.6 Å². The van der Waals surface area contributed by atoms with Gasteiger partial charge in [-0.15, -0.1) is 0 Å². The molecule has 3 nitrogen and oxygen atoms in total. The third-order valence-corrected chi connectivity index (χ3v) is 2.03. The third-order valence-electron chi connectivity index (χ3n) is 0.950. The third kappa shape index (κ3) is 4.52. The molecule has 60 valence electrons. The molecule has 0 atom stereocenters. The van der Waals surface area contributed by atoms with Gasteiger partial charge in [0.2, 0.25) is 0 Å². The van der Waals surface area contributed by atoms with Crippen LogP contribution in [0.1, 0.15) is 13.8 Å². The summed E-state index contributed by atoms with van der Waals surface area (Å²) in [6.45, 7) is 3.68. The van der Waals surface area contributed by atoms with E-state index < -0.39 is 10.1 Å². The fourth-order valence-electron chi connectivity index (χ4n) is 0.337. The first-order valence-electron chi connectivity index (χ1n) is 2.89. The predicted octanol–water partition coefficient (Wildman–Crippen LogP) is 0.929. The highest BCUT2D eigenvalue weighted by Gasteiger charge is 2.03. The second-order valence-corrected chi connectivity index (χ2v) is 3.95. The highest BCUT2D eigenvalue weighted by atomic mass is 32.2. The Balaban J connectivity index is 4.06. The van der Waals surface area contributed by atoms with E-state index in [0.29, 0.717) is 0 Å². The molecule has 0 spiro atoms. The van der Waals surface area contributed by atoms with Gasteiger partial charge < -0.3 is 0 Å². The Hall–Kier alpha value is -0.350. The second-order valence-electron chi connectivity index (χ2n) is 2.17. The van der Waals surface area contributed by atoms with Gasteiger partial charge in [0, 0.05) is 0 Å². The average Bonchev–Trinajstić information content (AvgIpc) is 1.85. The maximum atomic E-state index is 10.6. The van der Waals surface area contributed by atoms with Crippen LogP contribution in [0, 0.1) is 0 Å². The van der Waals surface area contributed by atoms with Crippen molar-refractivity contribution >= 4 is 10.1 Å². The maximum absolute atomic E-state index is 10.6. The molecule has 0 fully saturated rings. The molecular formula is C6H12O3S. The molecule has 0 unspecified atom stereocenters. The van der Waals surface area contributed by atoms with Gasteiger partial charge >= 0.3 is 0 Å². The van der Waals surface area contributed by atoms with Crippen LogP contribution < -0.4 is 0 Å². The van der Waals surface area contributed by atoms with E-state index in [9.17, 15) is 8.42 Å². The molecule has 10 heavy (non-hydrogen) atoms. The average molecular weight is 164 g/mol. The van der Waals surface area contributed by atoms with Crippen molar-refractivity contribution in [2.45, 2.75) is 13.8 Å². The van der Waals surface area contributed by atoms with Crippen molar-refractivity contribution < 1.29 is 12.6 Å². The Morgan fingerprint density at radius 1 is 1.50 bits per heavy atom. The Morgan fingerprint density at radius 3 is 2.30 bits per heavy atom. The molecule has 0 saturated carbocycles. The van der Waals surface area contributed by atoms with Gasteiger partial charge in [0.1, 0.15) is 0 Å². The zero-order valence-electron chi connectivity index (χ0n) is 6.42. The van der Waals surface area contributed by atoms with E-state index >= 15 is 0 Å². The van der Waals surface area contributed by atoms with Gasteiger partial charge in [-0.05, 0) is 13.8 Å². The minimum absolute atomic E-state index is 0.0359. The van der Waals surface area contributed by atoms with Gasteiger partial charge in [0.15, 0.2) is 0 Å². The minimum Gasteiger partial charge on any atom is -0.273 e. The minimum atomic E-state index is -3.29. The van der Waals surface area contributed by atoms with E-state index in [1.807, 2.05) is 13.8 Å². The second kappa shape index (κ2) is 3.73. The molecule has 0 N–H and O–H groups in total. The molecule has 0 aromatic rings. The van der Waals surface area contributed by atoms with E-state index in [-0.39, 0.29) is 5.75 Å². The van der Waals surface area contributed by atoms with E-state index in [0.717, 1.165) is 12.7 Å². The van der Waals surface area contributed by atoms with Gasteiger partial charge in [-0.2, -0.15) is 8.42 Å². The molecule has 0 heterocycles. The molecule has 0 aromatic carbocycles. The van der Waals surface area contributed by atoms with Crippen LogP contribution in [0.3, 0.4) is 0 Å². The van der Waals surface area contributed by atoms with Gasteiger partial charge in [-0.3, -0.25) is 4.18 Å². The zero-order chi connectivity index (χ0) is 8.20. The summed E-state index contributed by atoms with van der Waals surface area (Å²) in [5, 5.41) is 0. The summed E-state index contributed by atoms with van der Waals surface area (Å²) >= 11 is 0. The van der Waals surface area contributed by atoms with Crippen molar-refractivity contribution in [1.82, 2.24) is 0 Å². The zero-order valence-corrected chi connectivity index (χ0v) is 7.23. The van der Waals surface area contributed by atoms with Gasteiger partial charge in [-0.25, -0.2) is 0 Å². The van der Waals surface area contributed by atoms with Crippen molar-refractivity contribution in [3.05, 3.63) is 11.6 Å². The Morgan fingerprint density at radius 2 is 2.00 bits per heavy atom. The summed E-state index contributed by atoms with van der Waals surface area (Å²) in [6.07, 6.45) is 1.61. The summed E-state index contributed by atoms with van der Waals surface area (Å²) in [6, 6.07) is 0. The molecule has 0 amide bonds. The number of hydrogen-bond acceptors (Lipinski definition) is 3. The normalized spacial score (nSPS) is 11.1. The standard InChI is InChI=1S/C6H12O3S/c1-6(2)4-5-10(7,8)9-3/h4H,5H2,1-3H3. The molecule has 0 saturated heterocycles. The molecule has 0 aromatic heterocycles. The van der Waals surface area contributed by atoms with Crippen molar-refractivity contribution in [1.29, 1.82) is 0 Å². The SMILES string of the molecule is COS(=O)(=O)CC=C(C)C. The van der Waals surface area contributed by atoms with Gasteiger partial charge in [-0.1, -0.05) is 11.6 Å². The highest BCUT2D eigenvalue weighted by molar-refractivity contribution is 7.86. The van der Waals surface area contributed by atoms with Crippen molar-refractivity contribution in [2.75, 3.05) is 12.9 Å². The largest absolute Gasteiger partial charge is 0.273 e. The molecule has 0 rings (SSSR count). The van der Waals surface area contributed by atoms with E-state index in [1.165, 1.54) is 0 Å². The summed E-state index contributed by atoms with van der Waals surface area (Å²) in [5.74, 6) is -0.0359. The van der Waals surface area contributed by atoms with Gasteiger partial charge in [0.25, 0.3) is 10.1 Å². The molecule has 0 aliphatic heterocycles. The van der Waals surface area contributed by atoms with Crippen LogP contribution in [0.5, 0.6) is 0 Å². The van der Waals surface area contributed by atoms with Crippen molar-refractivity contribution in [3.8, 4) is 0 Å². The topological polar surface area (TPSA) is 43.4 Å². The van der Waals surface area contributed by atoms with Crippen molar-refractivity contribution in [3.63, 3.8) is 0 Å². The lowest BCUT2D eigenvalue weighted by Crippen LogP contribution is -2.05. The lowest BCUT2D eigenvalue weighted by atomic mass is 10.3. The maximum Gasteiger partial charge on any atom is 0.270 e. The summed E-state index contributed by atoms with van der Waals surface area (Å²) in [5.41, 5.74) is 0.973. The first kappa shape index (κ1) is 9.65. The Labute approximate surface area is 61.8 Å². The van der Waals surface area contributed by atoms with Crippen molar-refractivity contribution in [2.24, 2.45) is 0 Å². The van der Waals surface area contributed by atoms with Crippen LogP contribution >= 0.6 is 0 Å². The first-order chi connectivity index (χ1) is 4.48. The Bertz CT molecular complexity index is 209. The summed E-state index contributed by atoms with van der Waals surface area (Å²) < 4.78 is 25.5. The van der Waals surface area contributed by atoms with E-state index in [1.54, 1.807) is 6.08 Å². The molecule has 4 heteroatoms. The first-order valence-corrected chi connectivity index (χ1v) is 4.47. The van der Waals surface area contributed by atoms with Crippen LogP contribution in [0.2, 0.25) is 0 Å².